The molecule has 0 aromatic carbocycles. The first-order valence-electron chi connectivity index (χ1n) is 9.41. The molecule has 0 atom stereocenters. The first-order valence-corrected chi connectivity index (χ1v) is 9.79. The van der Waals surface area contributed by atoms with Gasteiger partial charge in [0.25, 0.3) is 5.92 Å². The molecule has 3 aromatic rings. The Morgan fingerprint density at radius 2 is 2.00 bits per heavy atom. The van der Waals surface area contributed by atoms with Gasteiger partial charge in [-0.2, -0.15) is 4.98 Å². The number of aromatic nitrogens is 5. The normalized spacial score (nSPS) is 18.2. The Kier molecular flexibility index (Phi) is 4.40. The lowest BCUT2D eigenvalue weighted by Gasteiger charge is -2.54. The molecule has 0 saturated heterocycles. The molecule has 3 aromatic heterocycles. The zero-order valence-corrected chi connectivity index (χ0v) is 17.4. The molecule has 5 rings (SSSR count). The number of alkyl halides is 2. The standard InChI is InChI=1S/C19H18ClF2N7O2/c1-28-16-13(31-9-18(28)7-19(21,22)8-18)5-24-17(27-16)26-11-3-12(30-2)15(23-4-11)29-6-14(20)25-10-29/h3-6,10H,7-9H2,1-2H3,(H,24,26,27). The van der Waals surface area contributed by atoms with Gasteiger partial charge in [-0.15, -0.1) is 0 Å². The Hall–Kier alpha value is -3.21. The first-order chi connectivity index (χ1) is 14.8. The number of hydrogen-bond donors (Lipinski definition) is 1. The van der Waals surface area contributed by atoms with Crippen molar-refractivity contribution in [1.29, 1.82) is 0 Å². The molecule has 1 spiro atoms. The predicted molar refractivity (Wildman–Crippen MR) is 109 cm³/mol. The van der Waals surface area contributed by atoms with E-state index in [9.17, 15) is 8.78 Å². The van der Waals surface area contributed by atoms with E-state index in [-0.39, 0.29) is 25.4 Å². The molecule has 12 heteroatoms. The van der Waals surface area contributed by atoms with Crippen molar-refractivity contribution in [2.75, 3.05) is 31.0 Å². The second kappa shape index (κ2) is 6.91. The number of rotatable bonds is 4. The third kappa shape index (κ3) is 3.38. The van der Waals surface area contributed by atoms with Crippen LogP contribution in [0.3, 0.4) is 0 Å². The lowest BCUT2D eigenvalue weighted by atomic mass is 9.72. The average molecular weight is 450 g/mol. The molecular formula is C19H18ClF2N7O2. The minimum absolute atomic E-state index is 0.184. The Labute approximate surface area is 181 Å². The van der Waals surface area contributed by atoms with Crippen LogP contribution in [-0.4, -0.2) is 56.7 Å². The molecule has 4 heterocycles. The number of halogens is 3. The summed E-state index contributed by atoms with van der Waals surface area (Å²) in [5.41, 5.74) is -0.170. The summed E-state index contributed by atoms with van der Waals surface area (Å²) in [5, 5.41) is 3.40. The predicted octanol–water partition coefficient (Wildman–Crippen LogP) is 3.46. The van der Waals surface area contributed by atoms with Crippen LogP contribution < -0.4 is 19.7 Å². The van der Waals surface area contributed by atoms with Crippen LogP contribution >= 0.6 is 11.6 Å². The van der Waals surface area contributed by atoms with Crippen molar-refractivity contribution in [1.82, 2.24) is 24.5 Å². The van der Waals surface area contributed by atoms with Crippen molar-refractivity contribution >= 4 is 29.1 Å². The largest absolute Gasteiger partial charge is 0.493 e. The minimum atomic E-state index is -2.67. The molecule has 9 nitrogen and oxygen atoms in total. The molecule has 1 N–H and O–H groups in total. The molecule has 31 heavy (non-hydrogen) atoms. The summed E-state index contributed by atoms with van der Waals surface area (Å²) in [6, 6.07) is 1.73. The number of anilines is 3. The maximum Gasteiger partial charge on any atom is 0.252 e. The van der Waals surface area contributed by atoms with Crippen molar-refractivity contribution in [3.05, 3.63) is 36.1 Å². The van der Waals surface area contributed by atoms with E-state index in [4.69, 9.17) is 21.1 Å². The summed E-state index contributed by atoms with van der Waals surface area (Å²) in [4.78, 5) is 18.9. The number of hydrogen-bond acceptors (Lipinski definition) is 8. The van der Waals surface area contributed by atoms with Gasteiger partial charge in [-0.05, 0) is 0 Å². The molecule has 1 saturated carbocycles. The fourth-order valence-electron chi connectivity index (χ4n) is 3.94. The van der Waals surface area contributed by atoms with Gasteiger partial charge in [-0.1, -0.05) is 11.6 Å². The van der Waals surface area contributed by atoms with Crippen molar-refractivity contribution < 1.29 is 18.3 Å². The van der Waals surface area contributed by atoms with Gasteiger partial charge in [-0.25, -0.2) is 23.7 Å². The Morgan fingerprint density at radius 1 is 1.19 bits per heavy atom. The van der Waals surface area contributed by atoms with Gasteiger partial charge in [0, 0.05) is 32.2 Å². The molecule has 1 fully saturated rings. The maximum absolute atomic E-state index is 13.6. The average Bonchev–Trinajstić information content (AvgIpc) is 3.15. The fourth-order valence-corrected chi connectivity index (χ4v) is 4.09. The quantitative estimate of drug-likeness (QED) is 0.647. The van der Waals surface area contributed by atoms with Crippen LogP contribution in [0.4, 0.5) is 26.2 Å². The van der Waals surface area contributed by atoms with Crippen LogP contribution in [0.2, 0.25) is 5.15 Å². The summed E-state index contributed by atoms with van der Waals surface area (Å²) in [7, 11) is 3.28. The highest BCUT2D eigenvalue weighted by molar-refractivity contribution is 6.29. The molecule has 0 radical (unpaired) electrons. The molecule has 2 aliphatic rings. The molecule has 0 bridgehead atoms. The zero-order chi connectivity index (χ0) is 21.8. The number of likely N-dealkylation sites (N-methyl/N-ethyl adjacent to an activating group) is 1. The van der Waals surface area contributed by atoms with E-state index < -0.39 is 11.5 Å². The van der Waals surface area contributed by atoms with Crippen LogP contribution in [0.15, 0.2) is 31.0 Å². The molecular weight excluding hydrogens is 432 g/mol. The van der Waals surface area contributed by atoms with E-state index in [2.05, 4.69) is 25.3 Å². The van der Waals surface area contributed by atoms with E-state index >= 15 is 0 Å². The smallest absolute Gasteiger partial charge is 0.252 e. The number of methoxy groups -OCH3 is 1. The number of nitrogens with one attached hydrogen (secondary N) is 1. The van der Waals surface area contributed by atoms with Gasteiger partial charge in [0.15, 0.2) is 23.1 Å². The number of ether oxygens (including phenoxy) is 2. The summed E-state index contributed by atoms with van der Waals surface area (Å²) in [5.74, 6) is -0.486. The van der Waals surface area contributed by atoms with Crippen LogP contribution in [0.1, 0.15) is 12.8 Å². The Bertz CT molecular complexity index is 1150. The summed E-state index contributed by atoms with van der Waals surface area (Å²) < 4.78 is 39.8. The van der Waals surface area contributed by atoms with Crippen LogP contribution in [0, 0.1) is 0 Å². The topological polar surface area (TPSA) is 90.2 Å². The highest BCUT2D eigenvalue weighted by Crippen LogP contribution is 2.52. The zero-order valence-electron chi connectivity index (χ0n) is 16.6. The molecule has 0 unspecified atom stereocenters. The van der Waals surface area contributed by atoms with E-state index in [0.29, 0.717) is 34.0 Å². The van der Waals surface area contributed by atoms with Gasteiger partial charge < -0.3 is 19.7 Å². The van der Waals surface area contributed by atoms with Crippen LogP contribution in [0.25, 0.3) is 5.82 Å². The summed E-state index contributed by atoms with van der Waals surface area (Å²) in [6.07, 6.45) is 5.73. The number of nitrogens with zero attached hydrogens (tertiary/aromatic N) is 6. The third-order valence-electron chi connectivity index (χ3n) is 5.54. The fraction of sp³-hybridized carbons (Fsp3) is 0.368. The summed E-state index contributed by atoms with van der Waals surface area (Å²) >= 11 is 5.88. The van der Waals surface area contributed by atoms with Gasteiger partial charge >= 0.3 is 0 Å². The van der Waals surface area contributed by atoms with Gasteiger partial charge in [0.2, 0.25) is 5.95 Å². The van der Waals surface area contributed by atoms with E-state index in [1.165, 1.54) is 19.6 Å². The maximum atomic E-state index is 13.6. The van der Waals surface area contributed by atoms with E-state index in [0.717, 1.165) is 0 Å². The van der Waals surface area contributed by atoms with Gasteiger partial charge in [-0.3, -0.25) is 4.57 Å². The minimum Gasteiger partial charge on any atom is -0.493 e. The van der Waals surface area contributed by atoms with Crippen LogP contribution in [-0.2, 0) is 0 Å². The third-order valence-corrected chi connectivity index (χ3v) is 5.74. The lowest BCUT2D eigenvalue weighted by molar-refractivity contribution is -0.135. The second-order valence-electron chi connectivity index (χ2n) is 7.64. The van der Waals surface area contributed by atoms with E-state index in [1.807, 2.05) is 0 Å². The van der Waals surface area contributed by atoms with Crippen molar-refractivity contribution in [2.45, 2.75) is 24.3 Å². The Morgan fingerprint density at radius 3 is 2.68 bits per heavy atom. The molecule has 162 valence electrons. The monoisotopic (exact) mass is 449 g/mol. The number of pyridine rings is 1. The second-order valence-corrected chi connectivity index (χ2v) is 8.03. The molecule has 1 aliphatic heterocycles. The van der Waals surface area contributed by atoms with Crippen molar-refractivity contribution in [3.63, 3.8) is 0 Å². The Balaban J connectivity index is 1.40. The van der Waals surface area contributed by atoms with Crippen molar-refractivity contribution in [2.24, 2.45) is 0 Å². The molecule has 1 aliphatic carbocycles. The summed E-state index contributed by atoms with van der Waals surface area (Å²) in [6.45, 7) is 0.184. The van der Waals surface area contributed by atoms with E-state index in [1.54, 1.807) is 35.0 Å². The van der Waals surface area contributed by atoms with Gasteiger partial charge in [0.1, 0.15) is 18.1 Å². The SMILES string of the molecule is COc1cc(Nc2ncc3c(n2)N(C)C2(CO3)CC(F)(F)C2)cnc1-n1cnc(Cl)c1. The van der Waals surface area contributed by atoms with Crippen LogP contribution in [0.5, 0.6) is 11.5 Å². The van der Waals surface area contributed by atoms with Crippen molar-refractivity contribution in [3.8, 4) is 17.3 Å². The highest BCUT2D eigenvalue weighted by atomic mass is 35.5. The lowest BCUT2D eigenvalue weighted by Crippen LogP contribution is -2.66. The number of imidazole rings is 1. The number of fused-ring (bicyclic) bond motifs is 1. The highest BCUT2D eigenvalue weighted by Gasteiger charge is 2.61. The first kappa shape index (κ1) is 19.7. The molecule has 0 amide bonds. The van der Waals surface area contributed by atoms with Gasteiger partial charge in [0.05, 0.1) is 30.7 Å².